The number of ether oxygens (including phenoxy) is 1. The van der Waals surface area contributed by atoms with Gasteiger partial charge in [-0.05, 0) is 37.5 Å². The van der Waals surface area contributed by atoms with E-state index in [9.17, 15) is 4.79 Å². The van der Waals surface area contributed by atoms with E-state index in [1.165, 1.54) is 0 Å². The van der Waals surface area contributed by atoms with Crippen molar-refractivity contribution in [2.24, 2.45) is 5.92 Å². The Labute approximate surface area is 149 Å². The van der Waals surface area contributed by atoms with Gasteiger partial charge in [0.15, 0.2) is 5.89 Å². The van der Waals surface area contributed by atoms with Crippen molar-refractivity contribution >= 4 is 5.91 Å². The number of carbonyl (C=O) groups excluding carboxylic acids is 1. The van der Waals surface area contributed by atoms with Gasteiger partial charge in [-0.2, -0.15) is 0 Å². The van der Waals surface area contributed by atoms with Crippen molar-refractivity contribution in [3.63, 3.8) is 0 Å². The maximum Gasteiger partial charge on any atom is 0.254 e. The minimum absolute atomic E-state index is 0.0129. The van der Waals surface area contributed by atoms with Crippen LogP contribution < -0.4 is 4.74 Å². The number of carbonyl (C=O) groups is 1. The molecule has 2 aromatic rings. The number of oxazole rings is 1. The van der Waals surface area contributed by atoms with Crippen LogP contribution in [-0.2, 0) is 19.4 Å². The summed E-state index contributed by atoms with van der Waals surface area (Å²) < 4.78 is 11.4. The molecule has 0 fully saturated rings. The largest absolute Gasteiger partial charge is 0.494 e. The van der Waals surface area contributed by atoms with Gasteiger partial charge in [0.05, 0.1) is 13.2 Å². The summed E-state index contributed by atoms with van der Waals surface area (Å²) in [6.45, 7) is 8.08. The second-order valence-corrected chi connectivity index (χ2v) is 6.85. The van der Waals surface area contributed by atoms with E-state index in [0.29, 0.717) is 31.2 Å². The smallest absolute Gasteiger partial charge is 0.254 e. The zero-order valence-electron chi connectivity index (χ0n) is 15.2. The molecule has 1 aromatic carbocycles. The summed E-state index contributed by atoms with van der Waals surface area (Å²) in [5, 5.41) is 0. The molecule has 1 aliphatic heterocycles. The van der Waals surface area contributed by atoms with Gasteiger partial charge in [0.1, 0.15) is 17.2 Å². The van der Waals surface area contributed by atoms with Gasteiger partial charge in [-0.3, -0.25) is 4.79 Å². The number of hydrogen-bond acceptors (Lipinski definition) is 4. The highest BCUT2D eigenvalue weighted by molar-refractivity contribution is 5.94. The average molecular weight is 342 g/mol. The van der Waals surface area contributed by atoms with Crippen LogP contribution in [0, 0.1) is 5.92 Å². The molecule has 0 bridgehead atoms. The molecule has 134 valence electrons. The summed E-state index contributed by atoms with van der Waals surface area (Å²) in [4.78, 5) is 19.2. The summed E-state index contributed by atoms with van der Waals surface area (Å²) in [7, 11) is 0. The maximum absolute atomic E-state index is 12.8. The van der Waals surface area contributed by atoms with Crippen LogP contribution in [0.4, 0.5) is 0 Å². The summed E-state index contributed by atoms with van der Waals surface area (Å²) in [5.74, 6) is 3.10. The fraction of sp³-hybridized carbons (Fsp3) is 0.500. The van der Waals surface area contributed by atoms with Crippen LogP contribution in [0.5, 0.6) is 5.75 Å². The lowest BCUT2D eigenvalue weighted by Crippen LogP contribution is -2.35. The molecule has 0 unspecified atom stereocenters. The Kier molecular flexibility index (Phi) is 5.41. The molecule has 0 N–H and O–H groups in total. The van der Waals surface area contributed by atoms with E-state index >= 15 is 0 Å². The molecule has 0 spiro atoms. The van der Waals surface area contributed by atoms with Gasteiger partial charge in [-0.1, -0.05) is 19.9 Å². The molecule has 0 radical (unpaired) electrons. The van der Waals surface area contributed by atoms with Crippen LogP contribution in [0.2, 0.25) is 0 Å². The van der Waals surface area contributed by atoms with E-state index in [1.807, 2.05) is 30.0 Å². The van der Waals surface area contributed by atoms with Gasteiger partial charge < -0.3 is 14.1 Å². The number of benzene rings is 1. The summed E-state index contributed by atoms with van der Waals surface area (Å²) in [5.41, 5.74) is 1.55. The van der Waals surface area contributed by atoms with Crippen molar-refractivity contribution in [1.29, 1.82) is 0 Å². The van der Waals surface area contributed by atoms with E-state index in [4.69, 9.17) is 9.15 Å². The number of amides is 1. The van der Waals surface area contributed by atoms with Crippen LogP contribution in [0.25, 0.3) is 0 Å². The van der Waals surface area contributed by atoms with Gasteiger partial charge >= 0.3 is 0 Å². The first kappa shape index (κ1) is 17.5. The highest BCUT2D eigenvalue weighted by Crippen LogP contribution is 2.23. The van der Waals surface area contributed by atoms with Gasteiger partial charge in [0.25, 0.3) is 5.91 Å². The quantitative estimate of drug-likeness (QED) is 0.800. The molecule has 2 heterocycles. The van der Waals surface area contributed by atoms with Crippen LogP contribution in [0.15, 0.2) is 28.7 Å². The number of fused-ring (bicyclic) bond motifs is 1. The summed E-state index contributed by atoms with van der Waals surface area (Å²) in [6, 6.07) is 7.36. The number of rotatable bonds is 6. The Hall–Kier alpha value is -2.30. The van der Waals surface area contributed by atoms with Gasteiger partial charge in [-0.15, -0.1) is 0 Å². The molecule has 5 nitrogen and oxygen atoms in total. The van der Waals surface area contributed by atoms with Crippen molar-refractivity contribution in [3.05, 3.63) is 47.2 Å². The number of nitrogens with zero attached hydrogens (tertiary/aromatic N) is 2. The van der Waals surface area contributed by atoms with Crippen molar-refractivity contribution in [3.8, 4) is 5.75 Å². The molecular formula is C20H26N2O3. The zero-order valence-corrected chi connectivity index (χ0v) is 15.2. The van der Waals surface area contributed by atoms with E-state index in [2.05, 4.69) is 18.8 Å². The first-order valence-corrected chi connectivity index (χ1v) is 9.06. The lowest BCUT2D eigenvalue weighted by atomic mass is 10.1. The monoisotopic (exact) mass is 342 g/mol. The molecule has 3 rings (SSSR count). The minimum Gasteiger partial charge on any atom is -0.494 e. The fourth-order valence-corrected chi connectivity index (χ4v) is 3.01. The van der Waals surface area contributed by atoms with Crippen molar-refractivity contribution in [2.45, 2.75) is 46.6 Å². The number of aromatic nitrogens is 1. The average Bonchev–Trinajstić information content (AvgIpc) is 3.02. The lowest BCUT2D eigenvalue weighted by Gasteiger charge is -2.25. The third-order valence-electron chi connectivity index (χ3n) is 4.39. The second-order valence-electron chi connectivity index (χ2n) is 6.85. The topological polar surface area (TPSA) is 55.6 Å². The van der Waals surface area contributed by atoms with Crippen LogP contribution >= 0.6 is 0 Å². The summed E-state index contributed by atoms with van der Waals surface area (Å²) >= 11 is 0. The molecule has 1 aliphatic rings. The standard InChI is InChI=1S/C20H26N2O3/c1-4-24-16-7-5-6-15(12-16)20(23)22-11-10-18-17(13-22)21-19(25-18)9-8-14(2)3/h5-7,12,14H,4,8-11,13H2,1-3H3. The normalized spacial score (nSPS) is 13.8. The van der Waals surface area contributed by atoms with E-state index < -0.39 is 0 Å². The molecule has 1 aromatic heterocycles. The van der Waals surface area contributed by atoms with Crippen molar-refractivity contribution in [1.82, 2.24) is 9.88 Å². The third kappa shape index (κ3) is 4.21. The Morgan fingerprint density at radius 1 is 1.40 bits per heavy atom. The van der Waals surface area contributed by atoms with E-state index in [-0.39, 0.29) is 5.91 Å². The predicted octanol–water partition coefficient (Wildman–Crippen LogP) is 3.86. The molecule has 1 amide bonds. The van der Waals surface area contributed by atoms with Gasteiger partial charge in [-0.25, -0.2) is 4.98 Å². The number of aryl methyl sites for hydroxylation is 1. The van der Waals surface area contributed by atoms with Crippen molar-refractivity contribution in [2.75, 3.05) is 13.2 Å². The second kappa shape index (κ2) is 7.72. The molecule has 0 atom stereocenters. The molecule has 0 aliphatic carbocycles. The van der Waals surface area contributed by atoms with E-state index in [0.717, 1.165) is 42.4 Å². The van der Waals surface area contributed by atoms with Gasteiger partial charge in [0, 0.05) is 24.9 Å². The highest BCUT2D eigenvalue weighted by Gasteiger charge is 2.26. The first-order chi connectivity index (χ1) is 12.1. The Morgan fingerprint density at radius 3 is 3.00 bits per heavy atom. The molecule has 5 heteroatoms. The molecule has 0 saturated carbocycles. The Morgan fingerprint density at radius 2 is 2.24 bits per heavy atom. The van der Waals surface area contributed by atoms with Gasteiger partial charge in [0.2, 0.25) is 0 Å². The Bertz CT molecular complexity index is 736. The van der Waals surface area contributed by atoms with Crippen LogP contribution in [0.1, 0.15) is 54.9 Å². The third-order valence-corrected chi connectivity index (χ3v) is 4.39. The molecule has 25 heavy (non-hydrogen) atoms. The predicted molar refractivity (Wildman–Crippen MR) is 95.7 cm³/mol. The molecule has 0 saturated heterocycles. The number of hydrogen-bond donors (Lipinski definition) is 0. The first-order valence-electron chi connectivity index (χ1n) is 9.06. The minimum atomic E-state index is 0.0129. The van der Waals surface area contributed by atoms with Crippen LogP contribution in [0.3, 0.4) is 0 Å². The summed E-state index contributed by atoms with van der Waals surface area (Å²) in [6.07, 6.45) is 2.64. The van der Waals surface area contributed by atoms with Crippen LogP contribution in [-0.4, -0.2) is 28.9 Å². The lowest BCUT2D eigenvalue weighted by molar-refractivity contribution is 0.0727. The fourth-order valence-electron chi connectivity index (χ4n) is 3.01. The highest BCUT2D eigenvalue weighted by atomic mass is 16.5. The molecular weight excluding hydrogens is 316 g/mol. The zero-order chi connectivity index (χ0) is 17.8. The SMILES string of the molecule is CCOc1cccc(C(=O)N2CCc3oc(CCC(C)C)nc3C2)c1. The van der Waals surface area contributed by atoms with Crippen molar-refractivity contribution < 1.29 is 13.9 Å². The van der Waals surface area contributed by atoms with E-state index in [1.54, 1.807) is 6.07 Å². The Balaban J connectivity index is 1.69. The maximum atomic E-state index is 12.8.